The summed E-state index contributed by atoms with van der Waals surface area (Å²) >= 11 is 0. The Morgan fingerprint density at radius 1 is 1.36 bits per heavy atom. The van der Waals surface area contributed by atoms with Gasteiger partial charge in [0.15, 0.2) is 0 Å². The summed E-state index contributed by atoms with van der Waals surface area (Å²) in [5, 5.41) is 0. The van der Waals surface area contributed by atoms with Crippen LogP contribution < -0.4 is 0 Å². The Hall–Kier alpha value is -1.78. The molecule has 5 nitrogen and oxygen atoms in total. The highest BCUT2D eigenvalue weighted by atomic mass is 16.6. The van der Waals surface area contributed by atoms with E-state index < -0.39 is 11.7 Å². The molecule has 1 aliphatic heterocycles. The van der Waals surface area contributed by atoms with Gasteiger partial charge in [0, 0.05) is 18.2 Å². The molecule has 0 N–H and O–H groups in total. The van der Waals surface area contributed by atoms with Gasteiger partial charge in [0.25, 0.3) is 0 Å². The van der Waals surface area contributed by atoms with Crippen LogP contribution in [0.1, 0.15) is 40.5 Å². The lowest BCUT2D eigenvalue weighted by Gasteiger charge is -2.25. The number of carbonyl (C=O) groups is 2. The predicted molar refractivity (Wildman–Crippen MR) is 83.0 cm³/mol. The van der Waals surface area contributed by atoms with Crippen molar-refractivity contribution in [3.63, 3.8) is 0 Å². The summed E-state index contributed by atoms with van der Waals surface area (Å²) < 4.78 is 10.6. The van der Waals surface area contributed by atoms with Gasteiger partial charge >= 0.3 is 12.1 Å². The van der Waals surface area contributed by atoms with E-state index in [1.807, 2.05) is 32.9 Å². The summed E-state index contributed by atoms with van der Waals surface area (Å²) in [7, 11) is 0. The number of hydrogen-bond acceptors (Lipinski definition) is 4. The van der Waals surface area contributed by atoms with Gasteiger partial charge in [-0.25, -0.2) is 4.79 Å². The van der Waals surface area contributed by atoms with Crippen LogP contribution in [0.4, 0.5) is 4.79 Å². The minimum absolute atomic E-state index is 0.0153. The second kappa shape index (κ2) is 6.55. The monoisotopic (exact) mass is 307 g/mol. The van der Waals surface area contributed by atoms with Gasteiger partial charge in [-0.15, -0.1) is 0 Å². The molecular formula is C17H25NO4. The molecule has 0 spiro atoms. The second-order valence-electron chi connectivity index (χ2n) is 6.65. The van der Waals surface area contributed by atoms with Crippen molar-refractivity contribution in [2.24, 2.45) is 11.8 Å². The van der Waals surface area contributed by atoms with Crippen LogP contribution in [-0.4, -0.2) is 35.7 Å². The minimum Gasteiger partial charge on any atom is -0.466 e. The van der Waals surface area contributed by atoms with Crippen LogP contribution in [-0.2, 0) is 14.3 Å². The molecule has 122 valence electrons. The first kappa shape index (κ1) is 16.6. The van der Waals surface area contributed by atoms with E-state index in [4.69, 9.17) is 9.47 Å². The molecule has 5 heteroatoms. The maximum absolute atomic E-state index is 12.4. The molecule has 1 fully saturated rings. The number of allylic oxidation sites excluding steroid dienone is 4. The highest BCUT2D eigenvalue weighted by molar-refractivity contribution is 5.78. The van der Waals surface area contributed by atoms with Crippen LogP contribution in [0.25, 0.3) is 0 Å². The topological polar surface area (TPSA) is 55.8 Å². The van der Waals surface area contributed by atoms with Gasteiger partial charge in [-0.05, 0) is 46.6 Å². The van der Waals surface area contributed by atoms with E-state index in [0.29, 0.717) is 13.2 Å². The number of likely N-dealkylation sites (tertiary alicyclic amines) is 1. The maximum atomic E-state index is 12.4. The molecule has 0 radical (unpaired) electrons. The zero-order valence-corrected chi connectivity index (χ0v) is 13.8. The molecule has 0 aromatic rings. The molecule has 2 atom stereocenters. The first-order valence-electron chi connectivity index (χ1n) is 7.87. The highest BCUT2D eigenvalue weighted by Crippen LogP contribution is 2.39. The number of rotatable bonds is 2. The van der Waals surface area contributed by atoms with Gasteiger partial charge in [-0.3, -0.25) is 9.69 Å². The Bertz CT molecular complexity index is 501. The number of esters is 1. The van der Waals surface area contributed by atoms with Gasteiger partial charge in [0.05, 0.1) is 12.5 Å². The fourth-order valence-electron chi connectivity index (χ4n) is 2.92. The standard InChI is InChI=1S/C17H25NO4/c1-5-21-15(19)13-11-18(16(20)22-17(2,3)4)14-10-8-6-7-9-12(13)14/h6,8,10,12-13H,5,7,9,11H2,1-4H3. The minimum atomic E-state index is -0.560. The van der Waals surface area contributed by atoms with Crippen molar-refractivity contribution in [2.75, 3.05) is 13.2 Å². The number of fused-ring (bicyclic) bond motifs is 1. The lowest BCUT2D eigenvalue weighted by molar-refractivity contribution is -0.148. The third kappa shape index (κ3) is 3.70. The molecule has 2 aliphatic rings. The third-order valence-electron chi connectivity index (χ3n) is 3.81. The molecule has 1 amide bonds. The van der Waals surface area contributed by atoms with Crippen molar-refractivity contribution in [1.82, 2.24) is 4.90 Å². The van der Waals surface area contributed by atoms with E-state index in [1.54, 1.807) is 11.8 Å². The Morgan fingerprint density at radius 2 is 2.09 bits per heavy atom. The van der Waals surface area contributed by atoms with Crippen molar-refractivity contribution in [2.45, 2.75) is 46.1 Å². The number of hydrogen-bond donors (Lipinski definition) is 0. The van der Waals surface area contributed by atoms with Gasteiger partial charge in [-0.2, -0.15) is 0 Å². The molecular weight excluding hydrogens is 282 g/mol. The average Bonchev–Trinajstić information content (AvgIpc) is 2.60. The van der Waals surface area contributed by atoms with Crippen LogP contribution in [0.5, 0.6) is 0 Å². The normalized spacial score (nSPS) is 24.4. The molecule has 1 saturated heterocycles. The summed E-state index contributed by atoms with van der Waals surface area (Å²) in [5.41, 5.74) is 0.302. The lowest BCUT2D eigenvalue weighted by atomic mass is 9.90. The predicted octanol–water partition coefficient (Wildman–Crippen LogP) is 3.27. The van der Waals surface area contributed by atoms with Crippen LogP contribution in [0.2, 0.25) is 0 Å². The maximum Gasteiger partial charge on any atom is 0.414 e. The Morgan fingerprint density at radius 3 is 2.73 bits per heavy atom. The fraction of sp³-hybridized carbons (Fsp3) is 0.647. The van der Waals surface area contributed by atoms with Crippen LogP contribution >= 0.6 is 0 Å². The van der Waals surface area contributed by atoms with E-state index in [0.717, 1.165) is 18.5 Å². The van der Waals surface area contributed by atoms with Crippen molar-refractivity contribution in [1.29, 1.82) is 0 Å². The Balaban J connectivity index is 2.23. The van der Waals surface area contributed by atoms with E-state index in [1.165, 1.54) is 0 Å². The smallest absolute Gasteiger partial charge is 0.414 e. The number of nitrogens with zero attached hydrogens (tertiary/aromatic N) is 1. The number of ether oxygens (including phenoxy) is 2. The molecule has 1 aliphatic carbocycles. The SMILES string of the molecule is CCOC(=O)C1CN(C(=O)OC(C)(C)C)C2=CC=CCCC21. The quantitative estimate of drug-likeness (QED) is 0.735. The largest absolute Gasteiger partial charge is 0.466 e. The third-order valence-corrected chi connectivity index (χ3v) is 3.81. The molecule has 0 aromatic carbocycles. The summed E-state index contributed by atoms with van der Waals surface area (Å²) in [6.45, 7) is 7.99. The average molecular weight is 307 g/mol. The summed E-state index contributed by atoms with van der Waals surface area (Å²) in [6.07, 6.45) is 7.25. The van der Waals surface area contributed by atoms with E-state index in [9.17, 15) is 9.59 Å². The van der Waals surface area contributed by atoms with E-state index in [2.05, 4.69) is 6.08 Å². The van der Waals surface area contributed by atoms with Crippen molar-refractivity contribution in [3.8, 4) is 0 Å². The van der Waals surface area contributed by atoms with Gasteiger partial charge < -0.3 is 9.47 Å². The summed E-state index contributed by atoms with van der Waals surface area (Å²) in [6, 6.07) is 0. The number of carbonyl (C=O) groups excluding carboxylic acids is 2. The van der Waals surface area contributed by atoms with Crippen molar-refractivity contribution in [3.05, 3.63) is 23.9 Å². The molecule has 2 rings (SSSR count). The zero-order chi connectivity index (χ0) is 16.3. The lowest BCUT2D eigenvalue weighted by Crippen LogP contribution is -2.35. The molecule has 22 heavy (non-hydrogen) atoms. The second-order valence-corrected chi connectivity index (χ2v) is 6.65. The Labute approximate surface area is 131 Å². The highest BCUT2D eigenvalue weighted by Gasteiger charge is 2.45. The molecule has 0 bridgehead atoms. The summed E-state index contributed by atoms with van der Waals surface area (Å²) in [5.74, 6) is -0.522. The van der Waals surface area contributed by atoms with Crippen molar-refractivity contribution < 1.29 is 19.1 Å². The van der Waals surface area contributed by atoms with Gasteiger partial charge in [-0.1, -0.05) is 12.2 Å². The van der Waals surface area contributed by atoms with Crippen molar-refractivity contribution >= 4 is 12.1 Å². The first-order valence-corrected chi connectivity index (χ1v) is 7.87. The van der Waals surface area contributed by atoms with Crippen LogP contribution in [0, 0.1) is 11.8 Å². The summed E-state index contributed by atoms with van der Waals surface area (Å²) in [4.78, 5) is 26.2. The molecule has 0 aromatic heterocycles. The Kier molecular flexibility index (Phi) is 4.94. The zero-order valence-electron chi connectivity index (χ0n) is 13.8. The molecule has 2 unspecified atom stereocenters. The van der Waals surface area contributed by atoms with E-state index >= 15 is 0 Å². The molecule has 1 heterocycles. The van der Waals surface area contributed by atoms with E-state index in [-0.39, 0.29) is 17.8 Å². The van der Waals surface area contributed by atoms with Gasteiger partial charge in [0.2, 0.25) is 0 Å². The fourth-order valence-corrected chi connectivity index (χ4v) is 2.92. The first-order chi connectivity index (χ1) is 10.3. The number of amides is 1. The molecule has 0 saturated carbocycles. The van der Waals surface area contributed by atoms with Crippen LogP contribution in [0.3, 0.4) is 0 Å². The van der Waals surface area contributed by atoms with Crippen LogP contribution in [0.15, 0.2) is 23.9 Å². The van der Waals surface area contributed by atoms with Gasteiger partial charge in [0.1, 0.15) is 5.60 Å².